The lowest BCUT2D eigenvalue weighted by Crippen LogP contribution is -2.41. The van der Waals surface area contributed by atoms with Crippen molar-refractivity contribution in [3.63, 3.8) is 0 Å². The summed E-state index contributed by atoms with van der Waals surface area (Å²) in [5.74, 6) is -0.748. The minimum absolute atomic E-state index is 0.00367. The highest BCUT2D eigenvalue weighted by atomic mass is 32.2. The molecule has 7 nitrogen and oxygen atoms in total. The molecule has 0 bridgehead atoms. The lowest BCUT2D eigenvalue weighted by molar-refractivity contribution is -0.148. The normalized spacial score (nSPS) is 18.3. The summed E-state index contributed by atoms with van der Waals surface area (Å²) in [6, 6.07) is 0. The number of hydrogen-bond donors (Lipinski definition) is 2. The van der Waals surface area contributed by atoms with E-state index in [2.05, 4.69) is 9.88 Å². The van der Waals surface area contributed by atoms with Gasteiger partial charge in [-0.05, 0) is 26.7 Å². The fraction of sp³-hybridized carbons (Fsp3) is 0.667. The molecule has 1 heterocycles. The van der Waals surface area contributed by atoms with Crippen LogP contribution < -0.4 is 4.72 Å². The maximum Gasteiger partial charge on any atom is 0.310 e. The summed E-state index contributed by atoms with van der Waals surface area (Å²) in [5.41, 5.74) is -0.725. The average molecular weight is 302 g/mol. The summed E-state index contributed by atoms with van der Waals surface area (Å²) in [5, 5.41) is 12.9. The van der Waals surface area contributed by atoms with Gasteiger partial charge in [-0.25, -0.2) is 13.1 Å². The molecular weight excluding hydrogens is 284 g/mol. The Hall–Kier alpha value is -1.41. The zero-order valence-corrected chi connectivity index (χ0v) is 12.3. The van der Waals surface area contributed by atoms with Gasteiger partial charge in [-0.3, -0.25) is 4.79 Å². The van der Waals surface area contributed by atoms with Gasteiger partial charge in [-0.1, -0.05) is 18.0 Å². The second kappa shape index (κ2) is 5.17. The fourth-order valence-electron chi connectivity index (χ4n) is 2.68. The Balaban J connectivity index is 2.20. The van der Waals surface area contributed by atoms with Crippen molar-refractivity contribution in [2.75, 3.05) is 6.54 Å². The zero-order valence-electron chi connectivity index (χ0n) is 11.5. The first kappa shape index (κ1) is 15.0. The van der Waals surface area contributed by atoms with Gasteiger partial charge in [-0.2, -0.15) is 0 Å². The number of aliphatic carboxylic acids is 1. The van der Waals surface area contributed by atoms with Crippen LogP contribution in [0.4, 0.5) is 0 Å². The molecular formula is C12H18N2O5S. The highest BCUT2D eigenvalue weighted by Gasteiger charge is 2.42. The van der Waals surface area contributed by atoms with E-state index in [1.807, 2.05) is 0 Å². The van der Waals surface area contributed by atoms with Gasteiger partial charge in [0.1, 0.15) is 10.6 Å². The van der Waals surface area contributed by atoms with Gasteiger partial charge in [0.25, 0.3) is 0 Å². The number of aryl methyl sites for hydroxylation is 2. The summed E-state index contributed by atoms with van der Waals surface area (Å²) >= 11 is 0. The molecule has 0 atom stereocenters. The minimum atomic E-state index is -3.81. The molecule has 0 aromatic carbocycles. The Kier molecular flexibility index (Phi) is 3.88. The van der Waals surface area contributed by atoms with Gasteiger partial charge >= 0.3 is 5.97 Å². The number of aromatic nitrogens is 1. The molecule has 20 heavy (non-hydrogen) atoms. The molecule has 2 rings (SSSR count). The van der Waals surface area contributed by atoms with E-state index in [1.54, 1.807) is 0 Å². The Labute approximate surface area is 117 Å². The molecule has 1 aromatic heterocycles. The summed E-state index contributed by atoms with van der Waals surface area (Å²) in [6.07, 6.45) is 2.59. The van der Waals surface area contributed by atoms with E-state index in [0.717, 1.165) is 12.8 Å². The number of sulfonamides is 1. The molecule has 0 saturated heterocycles. The number of carboxylic acids is 1. The number of nitrogens with zero attached hydrogens (tertiary/aromatic N) is 1. The smallest absolute Gasteiger partial charge is 0.310 e. The molecule has 0 unspecified atom stereocenters. The van der Waals surface area contributed by atoms with Crippen molar-refractivity contribution < 1.29 is 22.8 Å². The first-order valence-corrected chi connectivity index (χ1v) is 7.93. The minimum Gasteiger partial charge on any atom is -0.481 e. The van der Waals surface area contributed by atoms with E-state index in [1.165, 1.54) is 13.8 Å². The van der Waals surface area contributed by atoms with Crippen LogP contribution in [-0.4, -0.2) is 31.2 Å². The molecule has 1 aromatic rings. The molecule has 2 N–H and O–H groups in total. The van der Waals surface area contributed by atoms with Crippen molar-refractivity contribution in [3.8, 4) is 0 Å². The fourth-order valence-corrected chi connectivity index (χ4v) is 4.13. The van der Waals surface area contributed by atoms with Crippen molar-refractivity contribution in [3.05, 3.63) is 11.5 Å². The zero-order chi connectivity index (χ0) is 15.0. The largest absolute Gasteiger partial charge is 0.481 e. The van der Waals surface area contributed by atoms with Crippen LogP contribution in [0.5, 0.6) is 0 Å². The van der Waals surface area contributed by atoms with Gasteiger partial charge in [0.15, 0.2) is 5.76 Å². The Morgan fingerprint density at radius 2 is 2.00 bits per heavy atom. The molecule has 0 amide bonds. The van der Waals surface area contributed by atoms with Crippen LogP contribution in [0.25, 0.3) is 0 Å². The molecule has 112 valence electrons. The number of hydrogen-bond acceptors (Lipinski definition) is 5. The molecule has 0 radical (unpaired) electrons. The number of carbonyl (C=O) groups is 1. The average Bonchev–Trinajstić information content (AvgIpc) is 2.95. The lowest BCUT2D eigenvalue weighted by Gasteiger charge is -2.23. The summed E-state index contributed by atoms with van der Waals surface area (Å²) < 4.78 is 31.7. The van der Waals surface area contributed by atoms with Crippen molar-refractivity contribution >= 4 is 16.0 Å². The molecule has 0 aliphatic heterocycles. The summed E-state index contributed by atoms with van der Waals surface area (Å²) in [7, 11) is -3.81. The van der Waals surface area contributed by atoms with Crippen molar-refractivity contribution in [2.24, 2.45) is 5.41 Å². The second-order valence-electron chi connectivity index (χ2n) is 5.27. The topological polar surface area (TPSA) is 110 Å². The third-order valence-corrected chi connectivity index (χ3v) is 5.50. The van der Waals surface area contributed by atoms with Gasteiger partial charge in [0, 0.05) is 6.54 Å². The quantitative estimate of drug-likeness (QED) is 0.846. The number of carboxylic acid groups (broad SMARTS) is 1. The van der Waals surface area contributed by atoms with Gasteiger partial charge in [0.2, 0.25) is 10.0 Å². The van der Waals surface area contributed by atoms with E-state index >= 15 is 0 Å². The van der Waals surface area contributed by atoms with E-state index in [0.29, 0.717) is 12.8 Å². The maximum atomic E-state index is 12.3. The van der Waals surface area contributed by atoms with Gasteiger partial charge in [0.05, 0.1) is 5.41 Å². The Morgan fingerprint density at radius 1 is 1.40 bits per heavy atom. The van der Waals surface area contributed by atoms with E-state index in [9.17, 15) is 18.3 Å². The molecule has 0 spiro atoms. The van der Waals surface area contributed by atoms with Gasteiger partial charge in [-0.15, -0.1) is 0 Å². The van der Waals surface area contributed by atoms with Gasteiger partial charge < -0.3 is 9.63 Å². The van der Waals surface area contributed by atoms with E-state index < -0.39 is 21.4 Å². The lowest BCUT2D eigenvalue weighted by atomic mass is 9.87. The Morgan fingerprint density at radius 3 is 2.45 bits per heavy atom. The summed E-state index contributed by atoms with van der Waals surface area (Å²) in [4.78, 5) is 11.4. The molecule has 1 fully saturated rings. The SMILES string of the molecule is Cc1noc(C)c1S(=O)(=O)NCC1(C(=O)O)CCCC1. The van der Waals surface area contributed by atoms with Crippen molar-refractivity contribution in [1.82, 2.24) is 9.88 Å². The second-order valence-corrected chi connectivity index (χ2v) is 6.97. The molecule has 1 saturated carbocycles. The van der Waals surface area contributed by atoms with Crippen molar-refractivity contribution in [2.45, 2.75) is 44.4 Å². The monoisotopic (exact) mass is 302 g/mol. The van der Waals surface area contributed by atoms with Crippen LogP contribution in [0.1, 0.15) is 37.1 Å². The Bertz CT molecular complexity index is 594. The van der Waals surface area contributed by atoms with Crippen molar-refractivity contribution in [1.29, 1.82) is 0 Å². The molecule has 1 aliphatic carbocycles. The standard InChI is InChI=1S/C12H18N2O5S/c1-8-10(9(2)19-14-8)20(17,18)13-7-12(11(15)16)5-3-4-6-12/h13H,3-7H2,1-2H3,(H,15,16). The maximum absolute atomic E-state index is 12.3. The van der Waals surface area contributed by atoms with Crippen LogP contribution in [0, 0.1) is 19.3 Å². The molecule has 1 aliphatic rings. The van der Waals surface area contributed by atoms with Crippen LogP contribution in [-0.2, 0) is 14.8 Å². The van der Waals surface area contributed by atoms with E-state index in [-0.39, 0.29) is 22.9 Å². The highest BCUT2D eigenvalue weighted by Crippen LogP contribution is 2.38. The highest BCUT2D eigenvalue weighted by molar-refractivity contribution is 7.89. The third kappa shape index (κ3) is 2.57. The summed E-state index contributed by atoms with van der Waals surface area (Å²) in [6.45, 7) is 2.94. The van der Waals surface area contributed by atoms with E-state index in [4.69, 9.17) is 4.52 Å². The number of nitrogens with one attached hydrogen (secondary N) is 1. The van der Waals surface area contributed by atoms with Crippen LogP contribution in [0.2, 0.25) is 0 Å². The van der Waals surface area contributed by atoms with Crippen LogP contribution in [0.3, 0.4) is 0 Å². The number of rotatable bonds is 5. The van der Waals surface area contributed by atoms with Crippen LogP contribution in [0.15, 0.2) is 9.42 Å². The predicted octanol–water partition coefficient (Wildman–Crippen LogP) is 1.21. The molecule has 8 heteroatoms. The van der Waals surface area contributed by atoms with Crippen LogP contribution >= 0.6 is 0 Å². The first-order chi connectivity index (χ1) is 9.28. The third-order valence-electron chi connectivity index (χ3n) is 3.85. The predicted molar refractivity (Wildman–Crippen MR) is 69.7 cm³/mol. The first-order valence-electron chi connectivity index (χ1n) is 6.44.